The summed E-state index contributed by atoms with van der Waals surface area (Å²) in [5.41, 5.74) is 12.2. The van der Waals surface area contributed by atoms with Crippen molar-refractivity contribution in [1.29, 1.82) is 0 Å². The van der Waals surface area contributed by atoms with Crippen LogP contribution in [0.15, 0.2) is 12.1 Å². The largest absolute Gasteiger partial charge is 0.324 e. The van der Waals surface area contributed by atoms with Crippen LogP contribution in [-0.2, 0) is 0 Å². The molecule has 1 aromatic carbocycles. The maximum atomic E-state index is 6.64. The minimum atomic E-state index is 0.235. The third-order valence-electron chi connectivity index (χ3n) is 4.73. The summed E-state index contributed by atoms with van der Waals surface area (Å²) in [6, 6.07) is 4.80. The van der Waals surface area contributed by atoms with E-state index in [4.69, 9.17) is 5.73 Å². The van der Waals surface area contributed by atoms with Crippen LogP contribution in [0.4, 0.5) is 0 Å². The summed E-state index contributed by atoms with van der Waals surface area (Å²) in [6.45, 7) is 6.61. The Morgan fingerprint density at radius 1 is 0.895 bits per heavy atom. The van der Waals surface area contributed by atoms with Gasteiger partial charge in [0.15, 0.2) is 0 Å². The van der Waals surface area contributed by atoms with Gasteiger partial charge < -0.3 is 5.73 Å². The molecule has 0 heterocycles. The van der Waals surface area contributed by atoms with Gasteiger partial charge in [-0.15, -0.1) is 0 Å². The molecule has 2 N–H and O–H groups in total. The fourth-order valence-electron chi connectivity index (χ4n) is 3.80. The molecular weight excluding hydrogens is 230 g/mol. The fraction of sp³-hybridized carbons (Fsp3) is 0.667. The van der Waals surface area contributed by atoms with E-state index >= 15 is 0 Å². The predicted molar refractivity (Wildman–Crippen MR) is 83.4 cm³/mol. The van der Waals surface area contributed by atoms with E-state index in [-0.39, 0.29) is 6.04 Å². The minimum absolute atomic E-state index is 0.235. The number of benzene rings is 1. The fourth-order valence-corrected chi connectivity index (χ4v) is 3.80. The first-order valence-corrected chi connectivity index (χ1v) is 7.93. The Hall–Kier alpha value is -0.820. The molecule has 0 radical (unpaired) electrons. The Morgan fingerprint density at radius 3 is 1.89 bits per heavy atom. The first kappa shape index (κ1) is 14.6. The summed E-state index contributed by atoms with van der Waals surface area (Å²) < 4.78 is 0. The second-order valence-electron chi connectivity index (χ2n) is 6.44. The van der Waals surface area contributed by atoms with E-state index in [1.807, 2.05) is 0 Å². The van der Waals surface area contributed by atoms with Gasteiger partial charge in [-0.3, -0.25) is 0 Å². The van der Waals surface area contributed by atoms with Crippen LogP contribution in [0.5, 0.6) is 0 Å². The highest BCUT2D eigenvalue weighted by atomic mass is 14.7. The highest BCUT2D eigenvalue weighted by Crippen LogP contribution is 2.34. The van der Waals surface area contributed by atoms with Gasteiger partial charge in [0.1, 0.15) is 0 Å². The number of hydrogen-bond donors (Lipinski definition) is 1. The van der Waals surface area contributed by atoms with Crippen molar-refractivity contribution in [2.45, 2.75) is 71.8 Å². The lowest BCUT2D eigenvalue weighted by Gasteiger charge is -2.28. The van der Waals surface area contributed by atoms with Crippen LogP contribution in [0.2, 0.25) is 0 Å². The zero-order chi connectivity index (χ0) is 13.8. The summed E-state index contributed by atoms with van der Waals surface area (Å²) in [4.78, 5) is 0. The lowest BCUT2D eigenvalue weighted by atomic mass is 9.80. The first-order chi connectivity index (χ1) is 9.09. The van der Waals surface area contributed by atoms with E-state index in [9.17, 15) is 0 Å². The van der Waals surface area contributed by atoms with Gasteiger partial charge in [-0.05, 0) is 56.2 Å². The smallest absolute Gasteiger partial charge is 0.0328 e. The molecule has 0 bridgehead atoms. The Balaban J connectivity index is 2.19. The van der Waals surface area contributed by atoms with Crippen molar-refractivity contribution < 1.29 is 0 Å². The second kappa shape index (κ2) is 6.56. The van der Waals surface area contributed by atoms with E-state index in [2.05, 4.69) is 32.9 Å². The number of aryl methyl sites for hydroxylation is 3. The Labute approximate surface area is 118 Å². The second-order valence-corrected chi connectivity index (χ2v) is 6.44. The monoisotopic (exact) mass is 259 g/mol. The van der Waals surface area contributed by atoms with Gasteiger partial charge in [-0.25, -0.2) is 0 Å². The van der Waals surface area contributed by atoms with Crippen LogP contribution in [-0.4, -0.2) is 0 Å². The number of nitrogens with two attached hydrogens (primary N) is 1. The summed E-state index contributed by atoms with van der Waals surface area (Å²) in [6.07, 6.45) is 9.57. The predicted octanol–water partition coefficient (Wildman–Crippen LogP) is 4.97. The molecule has 0 spiro atoms. The van der Waals surface area contributed by atoms with Gasteiger partial charge in [0.2, 0.25) is 0 Å². The van der Waals surface area contributed by atoms with E-state index in [0.29, 0.717) is 5.92 Å². The molecule has 0 amide bonds. The minimum Gasteiger partial charge on any atom is -0.324 e. The van der Waals surface area contributed by atoms with E-state index in [1.54, 1.807) is 0 Å². The molecule has 1 heteroatoms. The molecule has 1 fully saturated rings. The molecule has 1 aliphatic carbocycles. The van der Waals surface area contributed by atoms with Crippen molar-refractivity contribution >= 4 is 0 Å². The summed E-state index contributed by atoms with van der Waals surface area (Å²) >= 11 is 0. The Bertz CT molecular complexity index is 391. The van der Waals surface area contributed by atoms with Gasteiger partial charge in [0.25, 0.3) is 0 Å². The van der Waals surface area contributed by atoms with Crippen LogP contribution in [0.25, 0.3) is 0 Å². The highest BCUT2D eigenvalue weighted by Gasteiger charge is 2.22. The molecule has 1 aromatic rings. The lowest BCUT2D eigenvalue weighted by molar-refractivity contribution is 0.326. The molecule has 1 aliphatic rings. The van der Waals surface area contributed by atoms with Crippen molar-refractivity contribution in [2.24, 2.45) is 11.7 Å². The zero-order valence-corrected chi connectivity index (χ0v) is 12.8. The highest BCUT2D eigenvalue weighted by molar-refractivity contribution is 5.39. The van der Waals surface area contributed by atoms with Crippen LogP contribution in [0.1, 0.15) is 73.2 Å². The third-order valence-corrected chi connectivity index (χ3v) is 4.73. The van der Waals surface area contributed by atoms with Crippen molar-refractivity contribution in [3.8, 4) is 0 Å². The number of rotatable bonds is 2. The van der Waals surface area contributed by atoms with Crippen LogP contribution >= 0.6 is 0 Å². The molecule has 1 saturated carbocycles. The summed E-state index contributed by atoms with van der Waals surface area (Å²) in [7, 11) is 0. The van der Waals surface area contributed by atoms with Crippen LogP contribution < -0.4 is 5.73 Å². The van der Waals surface area contributed by atoms with Gasteiger partial charge in [-0.2, -0.15) is 0 Å². The van der Waals surface area contributed by atoms with Crippen molar-refractivity contribution in [3.05, 3.63) is 34.4 Å². The van der Waals surface area contributed by atoms with Crippen molar-refractivity contribution in [2.75, 3.05) is 0 Å². The average molecular weight is 259 g/mol. The van der Waals surface area contributed by atoms with Crippen LogP contribution in [0.3, 0.4) is 0 Å². The third kappa shape index (κ3) is 3.60. The van der Waals surface area contributed by atoms with E-state index in [1.165, 1.54) is 67.2 Å². The Morgan fingerprint density at radius 2 is 1.37 bits per heavy atom. The first-order valence-electron chi connectivity index (χ1n) is 7.93. The van der Waals surface area contributed by atoms with E-state index in [0.717, 1.165) is 0 Å². The van der Waals surface area contributed by atoms with E-state index < -0.39 is 0 Å². The van der Waals surface area contributed by atoms with Crippen molar-refractivity contribution in [3.63, 3.8) is 0 Å². The maximum absolute atomic E-state index is 6.64. The molecule has 106 valence electrons. The van der Waals surface area contributed by atoms with Gasteiger partial charge in [-0.1, -0.05) is 49.8 Å². The standard InChI is InChI=1S/C18H29N/c1-13-11-14(2)17(15(3)12-13)18(19)16-9-7-5-4-6-8-10-16/h11-12,16,18H,4-10,19H2,1-3H3. The molecular formula is C18H29N. The Kier molecular flexibility index (Phi) is 5.04. The van der Waals surface area contributed by atoms with Crippen LogP contribution in [0, 0.1) is 26.7 Å². The quantitative estimate of drug-likeness (QED) is 0.797. The molecule has 0 aliphatic heterocycles. The molecule has 1 unspecified atom stereocenters. The summed E-state index contributed by atoms with van der Waals surface area (Å²) in [5.74, 6) is 0.681. The summed E-state index contributed by atoms with van der Waals surface area (Å²) in [5, 5.41) is 0. The molecule has 2 rings (SSSR count). The average Bonchev–Trinajstić information content (AvgIpc) is 2.26. The zero-order valence-electron chi connectivity index (χ0n) is 12.8. The maximum Gasteiger partial charge on any atom is 0.0328 e. The molecule has 0 saturated heterocycles. The molecule has 19 heavy (non-hydrogen) atoms. The normalized spacial score (nSPS) is 19.8. The lowest BCUT2D eigenvalue weighted by Crippen LogP contribution is -2.24. The number of hydrogen-bond acceptors (Lipinski definition) is 1. The van der Waals surface area contributed by atoms with Crippen molar-refractivity contribution in [1.82, 2.24) is 0 Å². The SMILES string of the molecule is Cc1cc(C)c(C(N)C2CCCCCCC2)c(C)c1. The topological polar surface area (TPSA) is 26.0 Å². The molecule has 1 nitrogen and oxygen atoms in total. The van der Waals surface area contributed by atoms with Gasteiger partial charge in [0.05, 0.1) is 0 Å². The van der Waals surface area contributed by atoms with Gasteiger partial charge >= 0.3 is 0 Å². The van der Waals surface area contributed by atoms with Gasteiger partial charge in [0, 0.05) is 6.04 Å². The molecule has 0 aromatic heterocycles. The molecule has 1 atom stereocenters.